The van der Waals surface area contributed by atoms with Gasteiger partial charge in [-0.2, -0.15) is 0 Å². The van der Waals surface area contributed by atoms with E-state index in [4.69, 9.17) is 4.74 Å². The molecule has 0 aromatic carbocycles. The summed E-state index contributed by atoms with van der Waals surface area (Å²) in [7, 11) is 1.91. The Labute approximate surface area is 89.8 Å². The first-order chi connectivity index (χ1) is 7.36. The van der Waals surface area contributed by atoms with E-state index in [9.17, 15) is 0 Å². The van der Waals surface area contributed by atoms with E-state index >= 15 is 0 Å². The topological polar surface area (TPSA) is 52.0 Å². The number of aryl methyl sites for hydroxylation is 1. The largest absolute Gasteiger partial charge is 0.381 e. The molecule has 1 unspecified atom stereocenters. The van der Waals surface area contributed by atoms with Crippen molar-refractivity contribution in [3.8, 4) is 0 Å². The lowest BCUT2D eigenvalue weighted by atomic mass is 10.1. The van der Waals surface area contributed by atoms with E-state index in [1.165, 1.54) is 12.8 Å². The van der Waals surface area contributed by atoms with Crippen LogP contribution in [0.25, 0.3) is 0 Å². The summed E-state index contributed by atoms with van der Waals surface area (Å²) >= 11 is 0. The summed E-state index contributed by atoms with van der Waals surface area (Å²) in [5, 5.41) is 11.1. The molecule has 1 aliphatic rings. The minimum atomic E-state index is 0.752. The Bertz CT molecular complexity index is 293. The summed E-state index contributed by atoms with van der Waals surface area (Å²) in [5.41, 5.74) is 1.12. The minimum Gasteiger partial charge on any atom is -0.381 e. The monoisotopic (exact) mass is 210 g/mol. The lowest BCUT2D eigenvalue weighted by molar-refractivity contribution is 0.184. The van der Waals surface area contributed by atoms with Crippen molar-refractivity contribution in [3.63, 3.8) is 0 Å². The van der Waals surface area contributed by atoms with Crippen molar-refractivity contribution in [2.45, 2.75) is 19.4 Å². The van der Waals surface area contributed by atoms with E-state index < -0.39 is 0 Å². The molecule has 0 aliphatic carbocycles. The molecule has 0 spiro atoms. The van der Waals surface area contributed by atoms with E-state index in [1.807, 2.05) is 7.05 Å². The molecule has 1 aliphatic heterocycles. The van der Waals surface area contributed by atoms with Crippen molar-refractivity contribution in [2.75, 3.05) is 19.8 Å². The molecular weight excluding hydrogens is 192 g/mol. The number of rotatable bonds is 5. The zero-order valence-corrected chi connectivity index (χ0v) is 9.15. The van der Waals surface area contributed by atoms with Gasteiger partial charge in [0.2, 0.25) is 0 Å². The molecule has 2 heterocycles. The highest BCUT2D eigenvalue weighted by molar-refractivity contribution is 4.92. The molecule has 0 bridgehead atoms. The molecule has 0 radical (unpaired) electrons. The highest BCUT2D eigenvalue weighted by Crippen LogP contribution is 2.15. The average molecular weight is 210 g/mol. The lowest BCUT2D eigenvalue weighted by Crippen LogP contribution is -2.19. The molecule has 0 saturated carbocycles. The summed E-state index contributed by atoms with van der Waals surface area (Å²) in [6.07, 6.45) is 4.21. The maximum Gasteiger partial charge on any atom is 0.0738 e. The van der Waals surface area contributed by atoms with Gasteiger partial charge in [-0.3, -0.25) is 4.68 Å². The fraction of sp³-hybridized carbons (Fsp3) is 0.800. The van der Waals surface area contributed by atoms with Gasteiger partial charge in [0, 0.05) is 26.8 Å². The van der Waals surface area contributed by atoms with Crippen LogP contribution in [0.15, 0.2) is 6.20 Å². The Hall–Kier alpha value is -0.940. The number of hydrogen-bond acceptors (Lipinski definition) is 4. The van der Waals surface area contributed by atoms with Crippen LogP contribution in [0.2, 0.25) is 0 Å². The number of aromatic nitrogens is 3. The highest BCUT2D eigenvalue weighted by atomic mass is 16.5. The van der Waals surface area contributed by atoms with Crippen molar-refractivity contribution in [3.05, 3.63) is 11.9 Å². The fourth-order valence-corrected chi connectivity index (χ4v) is 1.80. The molecule has 15 heavy (non-hydrogen) atoms. The second kappa shape index (κ2) is 5.23. The van der Waals surface area contributed by atoms with E-state index in [1.54, 1.807) is 10.9 Å². The molecule has 1 aromatic rings. The van der Waals surface area contributed by atoms with Gasteiger partial charge in [-0.05, 0) is 25.3 Å². The van der Waals surface area contributed by atoms with Gasteiger partial charge < -0.3 is 10.1 Å². The molecular formula is C10H18N4O. The van der Waals surface area contributed by atoms with Crippen molar-refractivity contribution < 1.29 is 4.74 Å². The molecule has 1 saturated heterocycles. The molecule has 1 atom stereocenters. The Balaban J connectivity index is 1.60. The third-order valence-electron chi connectivity index (χ3n) is 2.87. The van der Waals surface area contributed by atoms with Gasteiger partial charge in [-0.15, -0.1) is 5.10 Å². The third kappa shape index (κ3) is 3.00. The Morgan fingerprint density at radius 1 is 1.67 bits per heavy atom. The number of ether oxygens (including phenoxy) is 1. The summed E-state index contributed by atoms with van der Waals surface area (Å²) in [4.78, 5) is 0. The van der Waals surface area contributed by atoms with Crippen LogP contribution >= 0.6 is 0 Å². The predicted molar refractivity (Wildman–Crippen MR) is 56.3 cm³/mol. The minimum absolute atomic E-state index is 0.752. The van der Waals surface area contributed by atoms with Crippen LogP contribution in [-0.2, 0) is 18.3 Å². The zero-order valence-electron chi connectivity index (χ0n) is 9.15. The Kier molecular flexibility index (Phi) is 3.69. The molecule has 1 fully saturated rings. The first-order valence-electron chi connectivity index (χ1n) is 5.48. The molecule has 1 N–H and O–H groups in total. The SMILES string of the molecule is Cn1nncc1CNCCC1CCOC1. The first-order valence-corrected chi connectivity index (χ1v) is 5.48. The molecule has 2 rings (SSSR count). The van der Waals surface area contributed by atoms with Gasteiger partial charge >= 0.3 is 0 Å². The second-order valence-corrected chi connectivity index (χ2v) is 4.04. The van der Waals surface area contributed by atoms with Crippen LogP contribution in [0.3, 0.4) is 0 Å². The van der Waals surface area contributed by atoms with Crippen molar-refractivity contribution in [1.82, 2.24) is 20.3 Å². The zero-order chi connectivity index (χ0) is 10.5. The Morgan fingerprint density at radius 3 is 3.27 bits per heavy atom. The van der Waals surface area contributed by atoms with Gasteiger partial charge in [0.15, 0.2) is 0 Å². The quantitative estimate of drug-likeness (QED) is 0.712. The lowest BCUT2D eigenvalue weighted by Gasteiger charge is -2.08. The molecule has 5 heteroatoms. The third-order valence-corrected chi connectivity index (χ3v) is 2.87. The van der Waals surface area contributed by atoms with E-state index in [0.717, 1.165) is 37.9 Å². The standard InChI is InChI=1S/C10H18N4O/c1-14-10(7-12-13-14)6-11-4-2-9-3-5-15-8-9/h7,9,11H,2-6,8H2,1H3. The van der Waals surface area contributed by atoms with E-state index in [0.29, 0.717) is 0 Å². The predicted octanol–water partition coefficient (Wildman–Crippen LogP) is 0.331. The summed E-state index contributed by atoms with van der Waals surface area (Å²) < 4.78 is 7.12. The number of nitrogens with zero attached hydrogens (tertiary/aromatic N) is 3. The van der Waals surface area contributed by atoms with Crippen molar-refractivity contribution >= 4 is 0 Å². The molecule has 84 valence electrons. The van der Waals surface area contributed by atoms with Gasteiger partial charge in [0.1, 0.15) is 0 Å². The first kappa shape index (κ1) is 10.6. The maximum absolute atomic E-state index is 5.33. The average Bonchev–Trinajstić information content (AvgIpc) is 2.85. The van der Waals surface area contributed by atoms with Crippen LogP contribution in [0.1, 0.15) is 18.5 Å². The van der Waals surface area contributed by atoms with E-state index in [2.05, 4.69) is 15.6 Å². The molecule has 5 nitrogen and oxygen atoms in total. The van der Waals surface area contributed by atoms with Gasteiger partial charge in [-0.1, -0.05) is 5.21 Å². The Morgan fingerprint density at radius 2 is 2.60 bits per heavy atom. The van der Waals surface area contributed by atoms with Crippen LogP contribution in [0.5, 0.6) is 0 Å². The summed E-state index contributed by atoms with van der Waals surface area (Å²) in [6, 6.07) is 0. The smallest absolute Gasteiger partial charge is 0.0738 e. The van der Waals surface area contributed by atoms with E-state index in [-0.39, 0.29) is 0 Å². The highest BCUT2D eigenvalue weighted by Gasteiger charge is 2.14. The van der Waals surface area contributed by atoms with Gasteiger partial charge in [-0.25, -0.2) is 0 Å². The maximum atomic E-state index is 5.33. The fourth-order valence-electron chi connectivity index (χ4n) is 1.80. The van der Waals surface area contributed by atoms with Crippen molar-refractivity contribution in [2.24, 2.45) is 13.0 Å². The van der Waals surface area contributed by atoms with Crippen molar-refractivity contribution in [1.29, 1.82) is 0 Å². The number of nitrogens with one attached hydrogen (secondary N) is 1. The van der Waals surface area contributed by atoms with Crippen LogP contribution < -0.4 is 5.32 Å². The summed E-state index contributed by atoms with van der Waals surface area (Å²) in [5.74, 6) is 0.752. The second-order valence-electron chi connectivity index (χ2n) is 4.04. The van der Waals surface area contributed by atoms with Gasteiger partial charge in [0.25, 0.3) is 0 Å². The van der Waals surface area contributed by atoms with Gasteiger partial charge in [0.05, 0.1) is 11.9 Å². The normalized spacial score (nSPS) is 21.0. The van der Waals surface area contributed by atoms with Crippen LogP contribution in [0, 0.1) is 5.92 Å². The number of hydrogen-bond donors (Lipinski definition) is 1. The van der Waals surface area contributed by atoms with Crippen LogP contribution in [-0.4, -0.2) is 34.8 Å². The molecule has 1 aromatic heterocycles. The summed E-state index contributed by atoms with van der Waals surface area (Å²) in [6.45, 7) is 3.77. The molecule has 0 amide bonds. The van der Waals surface area contributed by atoms with Crippen LogP contribution in [0.4, 0.5) is 0 Å².